The topological polar surface area (TPSA) is 69.0 Å². The monoisotopic (exact) mass is 396 g/mol. The molecule has 1 heterocycles. The molecule has 0 saturated heterocycles. The summed E-state index contributed by atoms with van der Waals surface area (Å²) in [4.78, 5) is 12.0. The molecule has 8 heteroatoms. The summed E-state index contributed by atoms with van der Waals surface area (Å²) in [6.07, 6.45) is 0.973. The van der Waals surface area contributed by atoms with Crippen LogP contribution in [0.15, 0.2) is 29.4 Å². The van der Waals surface area contributed by atoms with Gasteiger partial charge in [0.1, 0.15) is 0 Å². The first-order valence-corrected chi connectivity index (χ1v) is 9.95. The van der Waals surface area contributed by atoms with Gasteiger partial charge in [0.15, 0.2) is 11.0 Å². The quantitative estimate of drug-likeness (QED) is 0.622. The number of amides is 1. The number of benzene rings is 1. The number of hydrogen-bond donors (Lipinski definition) is 1. The Morgan fingerprint density at radius 2 is 2.04 bits per heavy atom. The zero-order chi connectivity index (χ0) is 18.9. The summed E-state index contributed by atoms with van der Waals surface area (Å²) in [7, 11) is 1.65. The second-order valence-electron chi connectivity index (χ2n) is 6.28. The van der Waals surface area contributed by atoms with Gasteiger partial charge in [-0.3, -0.25) is 9.36 Å². The van der Waals surface area contributed by atoms with E-state index in [1.54, 1.807) is 7.11 Å². The summed E-state index contributed by atoms with van der Waals surface area (Å²) >= 11 is 7.34. The number of hydrogen-bond acceptors (Lipinski definition) is 5. The van der Waals surface area contributed by atoms with Gasteiger partial charge in [-0.15, -0.1) is 10.2 Å². The molecule has 0 bridgehead atoms. The second kappa shape index (κ2) is 10.5. The zero-order valence-corrected chi connectivity index (χ0v) is 16.9. The highest BCUT2D eigenvalue weighted by Crippen LogP contribution is 2.25. The van der Waals surface area contributed by atoms with Crippen molar-refractivity contribution in [2.45, 2.75) is 32.0 Å². The summed E-state index contributed by atoms with van der Waals surface area (Å²) in [5, 5.41) is 12.9. The first-order valence-electron chi connectivity index (χ1n) is 8.58. The van der Waals surface area contributed by atoms with Gasteiger partial charge in [0.2, 0.25) is 5.91 Å². The van der Waals surface area contributed by atoms with Crippen LogP contribution in [0.4, 0.5) is 0 Å². The van der Waals surface area contributed by atoms with Crippen molar-refractivity contribution in [1.82, 2.24) is 20.1 Å². The lowest BCUT2D eigenvalue weighted by Crippen LogP contribution is -2.27. The lowest BCUT2D eigenvalue weighted by Gasteiger charge is -2.10. The average molecular weight is 397 g/mol. The number of aromatic nitrogens is 3. The highest BCUT2D eigenvalue weighted by molar-refractivity contribution is 7.99. The number of rotatable bonds is 10. The maximum absolute atomic E-state index is 12.0. The van der Waals surface area contributed by atoms with Crippen molar-refractivity contribution in [3.05, 3.63) is 29.3 Å². The van der Waals surface area contributed by atoms with Crippen LogP contribution in [-0.4, -0.2) is 46.7 Å². The molecule has 6 nitrogen and oxygen atoms in total. The van der Waals surface area contributed by atoms with Gasteiger partial charge < -0.3 is 10.1 Å². The van der Waals surface area contributed by atoms with Crippen LogP contribution in [0, 0.1) is 5.92 Å². The number of carbonyl (C=O) groups is 1. The highest BCUT2D eigenvalue weighted by atomic mass is 35.5. The van der Waals surface area contributed by atoms with Crippen LogP contribution in [0.2, 0.25) is 5.02 Å². The molecule has 0 radical (unpaired) electrons. The lowest BCUT2D eigenvalue weighted by molar-refractivity contribution is -0.118. The van der Waals surface area contributed by atoms with Crippen molar-refractivity contribution in [1.29, 1.82) is 0 Å². The van der Waals surface area contributed by atoms with Gasteiger partial charge in [-0.1, -0.05) is 37.2 Å². The molecule has 0 unspecified atom stereocenters. The smallest absolute Gasteiger partial charge is 0.230 e. The summed E-state index contributed by atoms with van der Waals surface area (Å²) in [6, 6.07) is 7.45. The van der Waals surface area contributed by atoms with Crippen molar-refractivity contribution >= 4 is 29.3 Å². The van der Waals surface area contributed by atoms with Crippen LogP contribution in [0.25, 0.3) is 11.4 Å². The Morgan fingerprint density at radius 3 is 2.69 bits per heavy atom. The molecule has 1 amide bonds. The maximum Gasteiger partial charge on any atom is 0.230 e. The third-order valence-electron chi connectivity index (χ3n) is 3.71. The average Bonchev–Trinajstić information content (AvgIpc) is 3.01. The van der Waals surface area contributed by atoms with E-state index in [0.29, 0.717) is 41.5 Å². The van der Waals surface area contributed by atoms with E-state index in [2.05, 4.69) is 29.4 Å². The number of methoxy groups -OCH3 is 1. The third-order valence-corrected chi connectivity index (χ3v) is 4.93. The second-order valence-corrected chi connectivity index (χ2v) is 7.66. The van der Waals surface area contributed by atoms with E-state index >= 15 is 0 Å². The van der Waals surface area contributed by atoms with Gasteiger partial charge in [-0.2, -0.15) is 0 Å². The molecule has 2 aromatic rings. The van der Waals surface area contributed by atoms with Gasteiger partial charge in [0, 0.05) is 24.2 Å². The fraction of sp³-hybridized carbons (Fsp3) is 0.500. The maximum atomic E-state index is 12.0. The number of nitrogens with one attached hydrogen (secondary N) is 1. The SMILES string of the molecule is COCCn1c(SCC(=O)NCCC(C)C)nnc1-c1ccc(Cl)cc1. The molecule has 2 rings (SSSR count). The normalized spacial score (nSPS) is 11.1. The summed E-state index contributed by atoms with van der Waals surface area (Å²) < 4.78 is 7.17. The first-order chi connectivity index (χ1) is 12.5. The van der Waals surface area contributed by atoms with Crippen LogP contribution in [0.3, 0.4) is 0 Å². The van der Waals surface area contributed by atoms with Crippen molar-refractivity contribution < 1.29 is 9.53 Å². The van der Waals surface area contributed by atoms with E-state index in [0.717, 1.165) is 17.8 Å². The molecule has 142 valence electrons. The van der Waals surface area contributed by atoms with E-state index in [4.69, 9.17) is 16.3 Å². The van der Waals surface area contributed by atoms with E-state index < -0.39 is 0 Å². The van der Waals surface area contributed by atoms with E-state index in [1.807, 2.05) is 28.8 Å². The van der Waals surface area contributed by atoms with Crippen molar-refractivity contribution in [3.8, 4) is 11.4 Å². The predicted octanol–water partition coefficient (Wildman–Crippen LogP) is 3.50. The molecule has 1 aromatic heterocycles. The van der Waals surface area contributed by atoms with E-state index in [1.165, 1.54) is 11.8 Å². The highest BCUT2D eigenvalue weighted by Gasteiger charge is 2.15. The minimum absolute atomic E-state index is 0.00462. The molecule has 0 spiro atoms. The van der Waals surface area contributed by atoms with Gasteiger partial charge in [0.05, 0.1) is 18.9 Å². The number of nitrogens with zero attached hydrogens (tertiary/aromatic N) is 3. The molecular formula is C18H25ClN4O2S. The van der Waals surface area contributed by atoms with Gasteiger partial charge in [-0.25, -0.2) is 0 Å². The van der Waals surface area contributed by atoms with Crippen LogP contribution >= 0.6 is 23.4 Å². The predicted molar refractivity (Wildman–Crippen MR) is 106 cm³/mol. The Balaban J connectivity index is 2.05. The molecule has 0 saturated carbocycles. The standard InChI is InChI=1S/C18H25ClN4O2S/c1-13(2)8-9-20-16(24)12-26-18-22-21-17(23(18)10-11-25-3)14-4-6-15(19)7-5-14/h4-7,13H,8-12H2,1-3H3,(H,20,24). The Kier molecular flexibility index (Phi) is 8.41. The van der Waals surface area contributed by atoms with Gasteiger partial charge in [0.25, 0.3) is 0 Å². The first kappa shape index (κ1) is 20.7. The number of thioether (sulfide) groups is 1. The van der Waals surface area contributed by atoms with Gasteiger partial charge in [-0.05, 0) is 36.6 Å². The van der Waals surface area contributed by atoms with Crippen LogP contribution in [0.5, 0.6) is 0 Å². The van der Waals surface area contributed by atoms with Crippen LogP contribution in [-0.2, 0) is 16.1 Å². The van der Waals surface area contributed by atoms with Crippen molar-refractivity contribution in [2.75, 3.05) is 26.0 Å². The molecular weight excluding hydrogens is 372 g/mol. The van der Waals surface area contributed by atoms with E-state index in [-0.39, 0.29) is 5.91 Å². The van der Waals surface area contributed by atoms with Crippen LogP contribution in [0.1, 0.15) is 20.3 Å². The molecule has 1 N–H and O–H groups in total. The summed E-state index contributed by atoms with van der Waals surface area (Å²) in [5.41, 5.74) is 0.922. The largest absolute Gasteiger partial charge is 0.383 e. The van der Waals surface area contributed by atoms with Crippen molar-refractivity contribution in [2.24, 2.45) is 5.92 Å². The van der Waals surface area contributed by atoms with Crippen molar-refractivity contribution in [3.63, 3.8) is 0 Å². The molecule has 0 aliphatic rings. The minimum Gasteiger partial charge on any atom is -0.383 e. The molecule has 0 aliphatic heterocycles. The summed E-state index contributed by atoms with van der Waals surface area (Å²) in [6.45, 7) is 6.12. The molecule has 0 fully saturated rings. The third kappa shape index (κ3) is 6.30. The molecule has 0 aliphatic carbocycles. The molecule has 1 aromatic carbocycles. The Bertz CT molecular complexity index is 704. The van der Waals surface area contributed by atoms with Crippen LogP contribution < -0.4 is 5.32 Å². The Labute approximate surface area is 163 Å². The number of halogens is 1. The fourth-order valence-electron chi connectivity index (χ4n) is 2.27. The zero-order valence-electron chi connectivity index (χ0n) is 15.4. The lowest BCUT2D eigenvalue weighted by atomic mass is 10.1. The fourth-order valence-corrected chi connectivity index (χ4v) is 3.19. The van der Waals surface area contributed by atoms with E-state index in [9.17, 15) is 4.79 Å². The Hall–Kier alpha value is -1.57. The minimum atomic E-state index is 0.00462. The summed E-state index contributed by atoms with van der Waals surface area (Å²) in [5.74, 6) is 1.62. The van der Waals surface area contributed by atoms with Gasteiger partial charge >= 0.3 is 0 Å². The number of carbonyl (C=O) groups excluding carboxylic acids is 1. The Morgan fingerprint density at radius 1 is 1.31 bits per heavy atom. The molecule has 0 atom stereocenters. The molecule has 26 heavy (non-hydrogen) atoms. The number of ether oxygens (including phenoxy) is 1.